The third-order valence-electron chi connectivity index (χ3n) is 2.28. The van der Waals surface area contributed by atoms with Crippen molar-refractivity contribution in [3.8, 4) is 0 Å². The molecule has 0 atom stereocenters. The maximum absolute atomic E-state index is 11.1. The summed E-state index contributed by atoms with van der Waals surface area (Å²) in [4.78, 5) is 12.3. The van der Waals surface area contributed by atoms with E-state index in [2.05, 4.69) is 19.6 Å². The SMILES string of the molecule is Cc1sc([Si](C)(C)C)c(C(=O)O)c1C. The van der Waals surface area contributed by atoms with Crippen molar-refractivity contribution in [1.29, 1.82) is 0 Å². The lowest BCUT2D eigenvalue weighted by Crippen LogP contribution is -2.38. The minimum absolute atomic E-state index is 0.562. The van der Waals surface area contributed by atoms with Crippen LogP contribution >= 0.6 is 11.3 Å². The zero-order valence-corrected chi connectivity index (χ0v) is 11.1. The van der Waals surface area contributed by atoms with Gasteiger partial charge in [-0.1, -0.05) is 19.6 Å². The molecular formula is C10H16O2SSi. The molecule has 0 aliphatic carbocycles. The molecule has 1 aromatic rings. The highest BCUT2D eigenvalue weighted by Gasteiger charge is 2.28. The van der Waals surface area contributed by atoms with Crippen LogP contribution in [0.4, 0.5) is 0 Å². The van der Waals surface area contributed by atoms with Crippen LogP contribution < -0.4 is 4.50 Å². The topological polar surface area (TPSA) is 37.3 Å². The lowest BCUT2D eigenvalue weighted by Gasteiger charge is -2.14. The molecule has 0 spiro atoms. The van der Waals surface area contributed by atoms with Crippen LogP contribution in [0.1, 0.15) is 20.8 Å². The van der Waals surface area contributed by atoms with Gasteiger partial charge in [-0.3, -0.25) is 0 Å². The van der Waals surface area contributed by atoms with E-state index in [0.29, 0.717) is 5.56 Å². The molecule has 14 heavy (non-hydrogen) atoms. The summed E-state index contributed by atoms with van der Waals surface area (Å²) in [7, 11) is -1.51. The largest absolute Gasteiger partial charge is 0.478 e. The van der Waals surface area contributed by atoms with Crippen molar-refractivity contribution in [1.82, 2.24) is 0 Å². The number of aryl methyl sites for hydroxylation is 1. The van der Waals surface area contributed by atoms with Gasteiger partial charge in [0.05, 0.1) is 13.6 Å². The summed E-state index contributed by atoms with van der Waals surface area (Å²) in [6.07, 6.45) is 0. The first-order valence-corrected chi connectivity index (χ1v) is 8.90. The second-order valence-electron chi connectivity index (χ2n) is 4.54. The van der Waals surface area contributed by atoms with Crippen molar-refractivity contribution in [3.05, 3.63) is 16.0 Å². The average molecular weight is 228 g/mol. The first-order valence-electron chi connectivity index (χ1n) is 4.59. The summed E-state index contributed by atoms with van der Waals surface area (Å²) in [5.74, 6) is -0.774. The molecule has 2 nitrogen and oxygen atoms in total. The molecule has 1 aromatic heterocycles. The van der Waals surface area contributed by atoms with E-state index < -0.39 is 14.0 Å². The molecule has 0 aliphatic rings. The molecule has 1 heterocycles. The fraction of sp³-hybridized carbons (Fsp3) is 0.500. The van der Waals surface area contributed by atoms with E-state index in [0.717, 1.165) is 14.9 Å². The van der Waals surface area contributed by atoms with Crippen LogP contribution in [0, 0.1) is 13.8 Å². The van der Waals surface area contributed by atoms with E-state index in [-0.39, 0.29) is 0 Å². The highest BCUT2D eigenvalue weighted by Crippen LogP contribution is 2.22. The van der Waals surface area contributed by atoms with Gasteiger partial charge in [0.15, 0.2) is 0 Å². The van der Waals surface area contributed by atoms with Crippen LogP contribution in [0.2, 0.25) is 19.6 Å². The molecule has 0 aliphatic heterocycles. The Morgan fingerprint density at radius 3 is 2.07 bits per heavy atom. The molecule has 4 heteroatoms. The molecule has 78 valence electrons. The summed E-state index contributed by atoms with van der Waals surface area (Å²) in [6, 6.07) is 0. The highest BCUT2D eigenvalue weighted by molar-refractivity contribution is 7.27. The summed E-state index contributed by atoms with van der Waals surface area (Å²) in [6.45, 7) is 10.5. The number of carboxylic acids is 1. The second-order valence-corrected chi connectivity index (χ2v) is 11.1. The van der Waals surface area contributed by atoms with Gasteiger partial charge in [0.1, 0.15) is 0 Å². The number of carboxylic acid groups (broad SMARTS) is 1. The van der Waals surface area contributed by atoms with Gasteiger partial charge in [-0.2, -0.15) is 0 Å². The van der Waals surface area contributed by atoms with Gasteiger partial charge in [-0.05, 0) is 19.4 Å². The first kappa shape index (κ1) is 11.5. The third-order valence-corrected chi connectivity index (χ3v) is 7.06. The van der Waals surface area contributed by atoms with Crippen molar-refractivity contribution in [2.45, 2.75) is 33.5 Å². The number of thiophene rings is 1. The van der Waals surface area contributed by atoms with Crippen molar-refractivity contribution in [2.24, 2.45) is 0 Å². The third kappa shape index (κ3) is 1.91. The maximum atomic E-state index is 11.1. The standard InChI is InChI=1S/C10H16O2SSi/c1-6-7(2)13-10(14(3,4)5)8(6)9(11)12/h1-5H3,(H,11,12). The van der Waals surface area contributed by atoms with Gasteiger partial charge < -0.3 is 5.11 Å². The van der Waals surface area contributed by atoms with Crippen LogP contribution in [0.25, 0.3) is 0 Å². The normalized spacial score (nSPS) is 11.8. The predicted molar refractivity (Wildman–Crippen MR) is 63.7 cm³/mol. The van der Waals surface area contributed by atoms with E-state index in [9.17, 15) is 4.79 Å². The summed E-state index contributed by atoms with van der Waals surface area (Å²) >= 11 is 1.66. The predicted octanol–water partition coefficient (Wildman–Crippen LogP) is 2.61. The van der Waals surface area contributed by atoms with Crippen molar-refractivity contribution in [2.75, 3.05) is 0 Å². The average Bonchev–Trinajstić information content (AvgIpc) is 2.27. The molecule has 0 unspecified atom stereocenters. The lowest BCUT2D eigenvalue weighted by molar-refractivity contribution is 0.0698. The molecular weight excluding hydrogens is 212 g/mol. The number of hydrogen-bond donors (Lipinski definition) is 1. The fourth-order valence-corrected chi connectivity index (χ4v) is 5.04. The Morgan fingerprint density at radius 2 is 1.79 bits per heavy atom. The van der Waals surface area contributed by atoms with Gasteiger partial charge in [-0.25, -0.2) is 4.79 Å². The van der Waals surface area contributed by atoms with Crippen LogP contribution in [0.5, 0.6) is 0 Å². The Balaban J connectivity index is 3.45. The molecule has 0 aromatic carbocycles. The minimum Gasteiger partial charge on any atom is -0.478 e. The van der Waals surface area contributed by atoms with E-state index >= 15 is 0 Å². The van der Waals surface area contributed by atoms with Gasteiger partial charge in [0.2, 0.25) is 0 Å². The Labute approximate surface area is 89.6 Å². The lowest BCUT2D eigenvalue weighted by atomic mass is 10.2. The van der Waals surface area contributed by atoms with Gasteiger partial charge in [0.25, 0.3) is 0 Å². The van der Waals surface area contributed by atoms with Crippen LogP contribution in [0.3, 0.4) is 0 Å². The van der Waals surface area contributed by atoms with Gasteiger partial charge >= 0.3 is 5.97 Å². The molecule has 1 rings (SSSR count). The molecule has 0 radical (unpaired) electrons. The minimum atomic E-state index is -1.51. The Kier molecular flexibility index (Phi) is 2.87. The summed E-state index contributed by atoms with van der Waals surface area (Å²) in [5.41, 5.74) is 1.51. The quantitative estimate of drug-likeness (QED) is 0.790. The van der Waals surface area contributed by atoms with E-state index in [1.165, 1.54) is 0 Å². The molecule has 0 saturated heterocycles. The summed E-state index contributed by atoms with van der Waals surface area (Å²) < 4.78 is 1.11. The van der Waals surface area contributed by atoms with Crippen LogP contribution in [-0.2, 0) is 0 Å². The number of rotatable bonds is 2. The smallest absolute Gasteiger partial charge is 0.336 e. The number of carbonyl (C=O) groups is 1. The van der Waals surface area contributed by atoms with Crippen molar-refractivity contribution < 1.29 is 9.90 Å². The molecule has 0 bridgehead atoms. The zero-order chi connectivity index (χ0) is 11.1. The molecule has 0 amide bonds. The van der Waals surface area contributed by atoms with E-state index in [1.54, 1.807) is 11.3 Å². The Morgan fingerprint density at radius 1 is 1.29 bits per heavy atom. The first-order chi connectivity index (χ1) is 6.25. The van der Waals surface area contributed by atoms with Crippen molar-refractivity contribution in [3.63, 3.8) is 0 Å². The molecule has 0 saturated carbocycles. The highest BCUT2D eigenvalue weighted by atomic mass is 32.1. The van der Waals surface area contributed by atoms with Gasteiger partial charge in [0, 0.05) is 9.38 Å². The van der Waals surface area contributed by atoms with Crippen LogP contribution in [-0.4, -0.2) is 19.1 Å². The number of aromatic carboxylic acids is 1. The molecule has 0 fully saturated rings. The van der Waals surface area contributed by atoms with E-state index in [4.69, 9.17) is 5.11 Å². The van der Waals surface area contributed by atoms with Crippen LogP contribution in [0.15, 0.2) is 0 Å². The molecule has 1 N–H and O–H groups in total. The fourth-order valence-electron chi connectivity index (χ4n) is 1.41. The summed E-state index contributed by atoms with van der Waals surface area (Å²) in [5, 5.41) is 9.15. The zero-order valence-electron chi connectivity index (χ0n) is 9.26. The second kappa shape index (κ2) is 3.51. The maximum Gasteiger partial charge on any atom is 0.336 e. The Hall–Kier alpha value is -0.613. The van der Waals surface area contributed by atoms with E-state index in [1.807, 2.05) is 13.8 Å². The number of hydrogen-bond acceptors (Lipinski definition) is 2. The van der Waals surface area contributed by atoms with Gasteiger partial charge in [-0.15, -0.1) is 11.3 Å². The monoisotopic (exact) mass is 228 g/mol. The van der Waals surface area contributed by atoms with Crippen molar-refractivity contribution >= 4 is 29.9 Å². The Bertz CT molecular complexity index is 374.